The molecule has 1 aromatic heterocycles. The van der Waals surface area contributed by atoms with Crippen LogP contribution in [0.25, 0.3) is 0 Å². The van der Waals surface area contributed by atoms with Crippen molar-refractivity contribution < 1.29 is 8.78 Å². The number of rotatable bonds is 2. The van der Waals surface area contributed by atoms with Crippen LogP contribution in [0, 0.1) is 0 Å². The average molecular weight is 268 g/mol. The van der Waals surface area contributed by atoms with Crippen molar-refractivity contribution in [1.82, 2.24) is 0 Å². The van der Waals surface area contributed by atoms with Crippen LogP contribution < -0.4 is 5.73 Å². The number of nitrogens with two attached hydrogens (primary N) is 1. The largest absolute Gasteiger partial charge is 0.329 e. The van der Waals surface area contributed by atoms with Crippen LogP contribution in [0.15, 0.2) is 15.9 Å². The number of alkyl halides is 2. The van der Waals surface area contributed by atoms with Crippen molar-refractivity contribution in [2.45, 2.75) is 17.8 Å². The minimum atomic E-state index is -2.61. The van der Waals surface area contributed by atoms with Gasteiger partial charge in [-0.15, -0.1) is 11.3 Å². The maximum atomic E-state index is 13.1. The SMILES string of the molecule is NCC1(c2ccc(Br)s2)CC1(F)F. The van der Waals surface area contributed by atoms with E-state index >= 15 is 0 Å². The fraction of sp³-hybridized carbons (Fsp3) is 0.500. The van der Waals surface area contributed by atoms with E-state index in [2.05, 4.69) is 15.9 Å². The predicted molar refractivity (Wildman–Crippen MR) is 52.3 cm³/mol. The quantitative estimate of drug-likeness (QED) is 0.876. The zero-order valence-corrected chi connectivity index (χ0v) is 9.09. The Morgan fingerprint density at radius 3 is 2.46 bits per heavy atom. The summed E-state index contributed by atoms with van der Waals surface area (Å²) in [5.41, 5.74) is 4.33. The smallest absolute Gasteiger partial charge is 0.261 e. The Morgan fingerprint density at radius 1 is 1.54 bits per heavy atom. The van der Waals surface area contributed by atoms with E-state index in [1.54, 1.807) is 12.1 Å². The first-order chi connectivity index (χ1) is 6.02. The summed E-state index contributed by atoms with van der Waals surface area (Å²) in [6, 6.07) is 3.51. The van der Waals surface area contributed by atoms with Crippen LogP contribution in [-0.4, -0.2) is 12.5 Å². The number of thiophene rings is 1. The maximum absolute atomic E-state index is 13.1. The zero-order chi connectivity index (χ0) is 9.69. The Kier molecular flexibility index (Phi) is 2.02. The van der Waals surface area contributed by atoms with Gasteiger partial charge in [0.2, 0.25) is 0 Å². The van der Waals surface area contributed by atoms with Crippen molar-refractivity contribution >= 4 is 27.3 Å². The Labute approximate surface area is 87.1 Å². The van der Waals surface area contributed by atoms with E-state index in [9.17, 15) is 8.78 Å². The molecule has 1 saturated carbocycles. The Morgan fingerprint density at radius 2 is 2.15 bits per heavy atom. The van der Waals surface area contributed by atoms with Gasteiger partial charge in [0.15, 0.2) is 0 Å². The molecular weight excluding hydrogens is 260 g/mol. The molecule has 0 aromatic carbocycles. The second kappa shape index (κ2) is 2.74. The summed E-state index contributed by atoms with van der Waals surface area (Å²) in [6.07, 6.45) is -0.108. The number of hydrogen-bond acceptors (Lipinski definition) is 2. The molecule has 72 valence electrons. The first-order valence-electron chi connectivity index (χ1n) is 3.85. The van der Waals surface area contributed by atoms with Crippen molar-refractivity contribution in [3.63, 3.8) is 0 Å². The molecule has 2 rings (SSSR count). The molecule has 0 bridgehead atoms. The molecule has 1 heterocycles. The van der Waals surface area contributed by atoms with E-state index in [1.807, 2.05) is 0 Å². The van der Waals surface area contributed by atoms with E-state index in [1.165, 1.54) is 11.3 Å². The third kappa shape index (κ3) is 1.25. The zero-order valence-electron chi connectivity index (χ0n) is 6.69. The molecule has 1 atom stereocenters. The van der Waals surface area contributed by atoms with Gasteiger partial charge in [-0.05, 0) is 28.1 Å². The van der Waals surface area contributed by atoms with Gasteiger partial charge < -0.3 is 5.73 Å². The number of hydrogen-bond donors (Lipinski definition) is 1. The Bertz CT molecular complexity index is 339. The molecule has 1 fully saturated rings. The first kappa shape index (κ1) is 9.55. The van der Waals surface area contributed by atoms with Gasteiger partial charge in [0.05, 0.1) is 9.20 Å². The third-order valence-electron chi connectivity index (χ3n) is 2.49. The van der Waals surface area contributed by atoms with Gasteiger partial charge in [0.1, 0.15) is 0 Å². The lowest BCUT2D eigenvalue weighted by Gasteiger charge is -2.10. The Hall–Kier alpha value is -0.0000000000000000833. The molecule has 0 spiro atoms. The van der Waals surface area contributed by atoms with Gasteiger partial charge in [-0.2, -0.15) is 0 Å². The standard InChI is InChI=1S/C8H8BrF2NS/c9-6-2-1-5(13-6)7(4-12)3-8(7,10)11/h1-2H,3-4,12H2. The van der Waals surface area contributed by atoms with Crippen molar-refractivity contribution in [3.8, 4) is 0 Å². The van der Waals surface area contributed by atoms with Crippen LogP contribution in [0.4, 0.5) is 8.78 Å². The molecule has 1 aliphatic rings. The normalized spacial score (nSPS) is 30.5. The second-order valence-electron chi connectivity index (χ2n) is 3.27. The lowest BCUT2D eigenvalue weighted by molar-refractivity contribution is 0.0904. The van der Waals surface area contributed by atoms with Gasteiger partial charge in [-0.1, -0.05) is 0 Å². The summed E-state index contributed by atoms with van der Waals surface area (Å²) in [6.45, 7) is 0.0208. The van der Waals surface area contributed by atoms with E-state index in [0.29, 0.717) is 4.88 Å². The summed E-state index contributed by atoms with van der Waals surface area (Å²) in [5, 5.41) is 0. The second-order valence-corrected chi connectivity index (χ2v) is 5.73. The molecule has 1 unspecified atom stereocenters. The lowest BCUT2D eigenvalue weighted by Crippen LogP contribution is -2.25. The molecule has 1 nitrogen and oxygen atoms in total. The average Bonchev–Trinajstić information content (AvgIpc) is 2.43. The van der Waals surface area contributed by atoms with Crippen LogP contribution >= 0.6 is 27.3 Å². The van der Waals surface area contributed by atoms with E-state index in [0.717, 1.165) is 3.79 Å². The van der Waals surface area contributed by atoms with E-state index in [-0.39, 0.29) is 13.0 Å². The molecule has 0 amide bonds. The minimum absolute atomic E-state index is 0.0208. The molecule has 2 N–H and O–H groups in total. The molecule has 0 aliphatic heterocycles. The molecule has 0 saturated heterocycles. The van der Waals surface area contributed by atoms with Crippen molar-refractivity contribution in [2.24, 2.45) is 5.73 Å². The van der Waals surface area contributed by atoms with Crippen LogP contribution in [0.3, 0.4) is 0 Å². The molecule has 5 heteroatoms. The van der Waals surface area contributed by atoms with Gasteiger partial charge in [-0.25, -0.2) is 8.78 Å². The maximum Gasteiger partial charge on any atom is 0.261 e. The van der Waals surface area contributed by atoms with Crippen molar-refractivity contribution in [2.75, 3.05) is 6.54 Å². The molecular formula is C8H8BrF2NS. The van der Waals surface area contributed by atoms with E-state index in [4.69, 9.17) is 5.73 Å². The van der Waals surface area contributed by atoms with Crippen LogP contribution in [0.1, 0.15) is 11.3 Å². The highest BCUT2D eigenvalue weighted by molar-refractivity contribution is 9.11. The summed E-state index contributed by atoms with van der Waals surface area (Å²) >= 11 is 4.59. The third-order valence-corrected chi connectivity index (χ3v) is 4.32. The van der Waals surface area contributed by atoms with Crippen LogP contribution in [-0.2, 0) is 5.41 Å². The van der Waals surface area contributed by atoms with Gasteiger partial charge in [0.25, 0.3) is 5.92 Å². The fourth-order valence-corrected chi connectivity index (χ4v) is 3.13. The van der Waals surface area contributed by atoms with Gasteiger partial charge in [-0.3, -0.25) is 0 Å². The van der Waals surface area contributed by atoms with Crippen molar-refractivity contribution in [3.05, 3.63) is 20.8 Å². The topological polar surface area (TPSA) is 26.0 Å². The minimum Gasteiger partial charge on any atom is -0.329 e. The van der Waals surface area contributed by atoms with Gasteiger partial charge in [0, 0.05) is 17.8 Å². The summed E-state index contributed by atoms with van der Waals surface area (Å²) in [5.74, 6) is -2.61. The highest BCUT2D eigenvalue weighted by Gasteiger charge is 2.71. The number of halogens is 3. The highest BCUT2D eigenvalue weighted by Crippen LogP contribution is 2.62. The first-order valence-corrected chi connectivity index (χ1v) is 5.46. The summed E-state index contributed by atoms with van der Waals surface area (Å²) < 4.78 is 27.0. The van der Waals surface area contributed by atoms with Crippen LogP contribution in [0.2, 0.25) is 0 Å². The van der Waals surface area contributed by atoms with Crippen molar-refractivity contribution in [1.29, 1.82) is 0 Å². The van der Waals surface area contributed by atoms with Gasteiger partial charge >= 0.3 is 0 Å². The predicted octanol–water partition coefficient (Wildman–Crippen LogP) is 2.75. The molecule has 1 aromatic rings. The van der Waals surface area contributed by atoms with Crippen LogP contribution in [0.5, 0.6) is 0 Å². The summed E-state index contributed by atoms with van der Waals surface area (Å²) in [4.78, 5) is 0.687. The fourth-order valence-electron chi connectivity index (χ4n) is 1.50. The monoisotopic (exact) mass is 267 g/mol. The Balaban J connectivity index is 2.35. The summed E-state index contributed by atoms with van der Waals surface area (Å²) in [7, 11) is 0. The molecule has 1 aliphatic carbocycles. The lowest BCUT2D eigenvalue weighted by atomic mass is 10.1. The molecule has 13 heavy (non-hydrogen) atoms. The highest BCUT2D eigenvalue weighted by atomic mass is 79.9. The molecule has 0 radical (unpaired) electrons. The van der Waals surface area contributed by atoms with E-state index < -0.39 is 11.3 Å².